The fraction of sp³-hybridized carbons (Fsp3) is 0.400. The molecule has 20 heavy (non-hydrogen) atoms. The zero-order chi connectivity index (χ0) is 14.5. The molecule has 0 fully saturated rings. The van der Waals surface area contributed by atoms with E-state index in [2.05, 4.69) is 10.3 Å². The number of aromatic amines is 1. The van der Waals surface area contributed by atoms with Crippen molar-refractivity contribution in [1.29, 1.82) is 0 Å². The van der Waals surface area contributed by atoms with Gasteiger partial charge in [0, 0.05) is 17.1 Å². The minimum absolute atomic E-state index is 0.0674. The van der Waals surface area contributed by atoms with Crippen LogP contribution in [0.3, 0.4) is 0 Å². The number of hydrogen-bond donors (Lipinski definition) is 4. The number of aliphatic hydroxyl groups is 1. The number of hydrogen-bond acceptors (Lipinski definition) is 3. The molecule has 0 radical (unpaired) electrons. The minimum Gasteiger partial charge on any atom is -0.394 e. The lowest BCUT2D eigenvalue weighted by molar-refractivity contribution is -0.123. The smallest absolute Gasteiger partial charge is 0.237 e. The molecule has 5 nitrogen and oxygen atoms in total. The van der Waals surface area contributed by atoms with Crippen LogP contribution in [0.1, 0.15) is 18.9 Å². The van der Waals surface area contributed by atoms with E-state index in [-0.39, 0.29) is 18.6 Å². The Morgan fingerprint density at radius 3 is 2.90 bits per heavy atom. The topological polar surface area (TPSA) is 91.1 Å². The zero-order valence-corrected chi connectivity index (χ0v) is 11.6. The van der Waals surface area contributed by atoms with Gasteiger partial charge in [-0.2, -0.15) is 0 Å². The van der Waals surface area contributed by atoms with Crippen LogP contribution >= 0.6 is 0 Å². The molecular weight excluding hydrogens is 254 g/mol. The summed E-state index contributed by atoms with van der Waals surface area (Å²) in [5, 5.41) is 12.9. The average molecular weight is 275 g/mol. The SMILES string of the molecule is CCC(CO)NC(=O)C(N)Cc1c[nH]c2ccccc12. The van der Waals surface area contributed by atoms with E-state index in [0.29, 0.717) is 12.8 Å². The summed E-state index contributed by atoms with van der Waals surface area (Å²) < 4.78 is 0. The molecule has 1 aromatic heterocycles. The van der Waals surface area contributed by atoms with Gasteiger partial charge in [0.25, 0.3) is 0 Å². The van der Waals surface area contributed by atoms with Crippen molar-refractivity contribution >= 4 is 16.8 Å². The number of nitrogens with two attached hydrogens (primary N) is 1. The summed E-state index contributed by atoms with van der Waals surface area (Å²) in [5.41, 5.74) is 8.02. The summed E-state index contributed by atoms with van der Waals surface area (Å²) >= 11 is 0. The Labute approximate surface area is 118 Å². The number of aliphatic hydroxyl groups excluding tert-OH is 1. The molecule has 0 saturated carbocycles. The predicted molar refractivity (Wildman–Crippen MR) is 79.3 cm³/mol. The summed E-state index contributed by atoms with van der Waals surface area (Å²) in [6.45, 7) is 1.84. The highest BCUT2D eigenvalue weighted by molar-refractivity contribution is 5.86. The standard InChI is InChI=1S/C15H21N3O2/c1-2-11(9-19)18-15(20)13(16)7-10-8-17-14-6-4-3-5-12(10)14/h3-6,8,11,13,17,19H,2,7,9,16H2,1H3,(H,18,20). The molecule has 0 saturated heterocycles. The van der Waals surface area contributed by atoms with Crippen LogP contribution in [0, 0.1) is 0 Å². The normalized spacial score (nSPS) is 14.2. The number of carbonyl (C=O) groups is 1. The van der Waals surface area contributed by atoms with Crippen molar-refractivity contribution in [3.05, 3.63) is 36.0 Å². The lowest BCUT2D eigenvalue weighted by Crippen LogP contribution is -2.47. The molecule has 1 aromatic carbocycles. The first-order valence-corrected chi connectivity index (χ1v) is 6.87. The maximum Gasteiger partial charge on any atom is 0.237 e. The maximum atomic E-state index is 12.0. The Kier molecular flexibility index (Phi) is 4.76. The molecule has 2 aromatic rings. The van der Waals surface area contributed by atoms with Gasteiger partial charge >= 0.3 is 0 Å². The summed E-state index contributed by atoms with van der Waals surface area (Å²) in [6, 6.07) is 7.08. The van der Waals surface area contributed by atoms with E-state index < -0.39 is 6.04 Å². The van der Waals surface area contributed by atoms with Gasteiger partial charge in [-0.15, -0.1) is 0 Å². The van der Waals surface area contributed by atoms with E-state index in [9.17, 15) is 4.79 Å². The highest BCUT2D eigenvalue weighted by atomic mass is 16.3. The van der Waals surface area contributed by atoms with Crippen LogP contribution in [-0.4, -0.2) is 34.7 Å². The van der Waals surface area contributed by atoms with Crippen molar-refractivity contribution in [3.8, 4) is 0 Å². The molecule has 1 heterocycles. The van der Waals surface area contributed by atoms with Crippen molar-refractivity contribution in [2.24, 2.45) is 5.73 Å². The minimum atomic E-state index is -0.616. The quantitative estimate of drug-likeness (QED) is 0.632. The van der Waals surface area contributed by atoms with Gasteiger partial charge in [-0.3, -0.25) is 4.79 Å². The third-order valence-electron chi connectivity index (χ3n) is 3.51. The third kappa shape index (κ3) is 3.18. The Morgan fingerprint density at radius 2 is 2.20 bits per heavy atom. The number of carbonyl (C=O) groups excluding carboxylic acids is 1. The number of amides is 1. The Morgan fingerprint density at radius 1 is 1.45 bits per heavy atom. The van der Waals surface area contributed by atoms with Gasteiger partial charge in [-0.25, -0.2) is 0 Å². The first kappa shape index (κ1) is 14.6. The molecule has 108 valence electrons. The summed E-state index contributed by atoms with van der Waals surface area (Å²) in [7, 11) is 0. The van der Waals surface area contributed by atoms with E-state index in [0.717, 1.165) is 16.5 Å². The summed E-state index contributed by atoms with van der Waals surface area (Å²) in [4.78, 5) is 15.1. The van der Waals surface area contributed by atoms with Crippen LogP contribution in [-0.2, 0) is 11.2 Å². The fourth-order valence-electron chi connectivity index (χ4n) is 2.22. The second-order valence-corrected chi connectivity index (χ2v) is 4.97. The second-order valence-electron chi connectivity index (χ2n) is 4.97. The van der Waals surface area contributed by atoms with Crippen LogP contribution in [0.2, 0.25) is 0 Å². The number of fused-ring (bicyclic) bond motifs is 1. The molecule has 0 spiro atoms. The Hall–Kier alpha value is -1.85. The molecule has 1 amide bonds. The van der Waals surface area contributed by atoms with Gasteiger partial charge in [0.15, 0.2) is 0 Å². The molecule has 2 atom stereocenters. The van der Waals surface area contributed by atoms with Gasteiger partial charge in [-0.05, 0) is 24.5 Å². The molecule has 5 N–H and O–H groups in total. The number of nitrogens with one attached hydrogen (secondary N) is 2. The lowest BCUT2D eigenvalue weighted by Gasteiger charge is -2.17. The van der Waals surface area contributed by atoms with Crippen molar-refractivity contribution in [1.82, 2.24) is 10.3 Å². The van der Waals surface area contributed by atoms with Crippen LogP contribution < -0.4 is 11.1 Å². The zero-order valence-electron chi connectivity index (χ0n) is 11.6. The number of aromatic nitrogens is 1. The van der Waals surface area contributed by atoms with E-state index in [4.69, 9.17) is 10.8 Å². The largest absolute Gasteiger partial charge is 0.394 e. The highest BCUT2D eigenvalue weighted by Crippen LogP contribution is 2.18. The first-order chi connectivity index (χ1) is 9.65. The van der Waals surface area contributed by atoms with Crippen molar-refractivity contribution in [3.63, 3.8) is 0 Å². The number of benzene rings is 1. The van der Waals surface area contributed by atoms with Crippen LogP contribution in [0.15, 0.2) is 30.5 Å². The summed E-state index contributed by atoms with van der Waals surface area (Å²) in [5.74, 6) is -0.226. The first-order valence-electron chi connectivity index (χ1n) is 6.87. The van der Waals surface area contributed by atoms with E-state index in [1.165, 1.54) is 0 Å². The van der Waals surface area contributed by atoms with Crippen LogP contribution in [0.25, 0.3) is 10.9 Å². The van der Waals surface area contributed by atoms with Gasteiger partial charge in [-0.1, -0.05) is 25.1 Å². The Balaban J connectivity index is 2.04. The van der Waals surface area contributed by atoms with Crippen LogP contribution in [0.5, 0.6) is 0 Å². The highest BCUT2D eigenvalue weighted by Gasteiger charge is 2.18. The monoisotopic (exact) mass is 275 g/mol. The van der Waals surface area contributed by atoms with Gasteiger partial charge < -0.3 is 21.1 Å². The van der Waals surface area contributed by atoms with Gasteiger partial charge in [0.05, 0.1) is 18.7 Å². The number of para-hydroxylation sites is 1. The van der Waals surface area contributed by atoms with E-state index >= 15 is 0 Å². The summed E-state index contributed by atoms with van der Waals surface area (Å²) in [6.07, 6.45) is 3.04. The molecule has 5 heteroatoms. The third-order valence-corrected chi connectivity index (χ3v) is 3.51. The van der Waals surface area contributed by atoms with E-state index in [1.807, 2.05) is 37.4 Å². The second kappa shape index (κ2) is 6.54. The molecular formula is C15H21N3O2. The van der Waals surface area contributed by atoms with Crippen molar-refractivity contribution in [2.45, 2.75) is 31.8 Å². The fourth-order valence-corrected chi connectivity index (χ4v) is 2.22. The molecule has 0 bridgehead atoms. The van der Waals surface area contributed by atoms with Gasteiger partial charge in [0.2, 0.25) is 5.91 Å². The Bertz CT molecular complexity index is 575. The molecule has 0 aliphatic rings. The predicted octanol–water partition coefficient (Wildman–Crippen LogP) is 0.925. The number of H-pyrrole nitrogens is 1. The molecule has 2 unspecified atom stereocenters. The van der Waals surface area contributed by atoms with Crippen molar-refractivity contribution in [2.75, 3.05) is 6.61 Å². The molecule has 2 rings (SSSR count). The molecule has 0 aliphatic carbocycles. The van der Waals surface area contributed by atoms with E-state index in [1.54, 1.807) is 0 Å². The maximum absolute atomic E-state index is 12.0. The number of rotatable bonds is 6. The van der Waals surface area contributed by atoms with Gasteiger partial charge in [0.1, 0.15) is 0 Å². The average Bonchev–Trinajstić information content (AvgIpc) is 2.87. The lowest BCUT2D eigenvalue weighted by atomic mass is 10.0. The van der Waals surface area contributed by atoms with Crippen LogP contribution in [0.4, 0.5) is 0 Å². The van der Waals surface area contributed by atoms with Crippen molar-refractivity contribution < 1.29 is 9.90 Å². The molecule has 0 aliphatic heterocycles.